The SMILES string of the molecule is COc1c(Br)cc(-c2csc(C3CCN(C(=O)OC(C)(C)C)CC3)n2)cc1OC(F)(F)F. The number of carbonyl (C=O) groups is 1. The van der Waals surface area contributed by atoms with Gasteiger partial charge in [-0.05, 0) is 61.7 Å². The van der Waals surface area contributed by atoms with Crippen molar-refractivity contribution in [3.8, 4) is 22.8 Å². The van der Waals surface area contributed by atoms with Crippen LogP contribution in [0.1, 0.15) is 44.5 Å². The Kier molecular flexibility index (Phi) is 7.28. The molecule has 0 saturated carbocycles. The van der Waals surface area contributed by atoms with Gasteiger partial charge in [0.05, 0.1) is 22.3 Å². The third-order valence-corrected chi connectivity index (χ3v) is 6.35. The summed E-state index contributed by atoms with van der Waals surface area (Å²) in [5.41, 5.74) is 0.486. The lowest BCUT2D eigenvalue weighted by Gasteiger charge is -2.32. The predicted octanol–water partition coefficient (Wildman–Crippen LogP) is 6.59. The molecule has 0 atom stereocenters. The highest BCUT2D eigenvalue weighted by Crippen LogP contribution is 2.42. The molecule has 0 unspecified atom stereocenters. The first-order valence-corrected chi connectivity index (χ1v) is 11.6. The van der Waals surface area contributed by atoms with Crippen molar-refractivity contribution in [2.45, 2.75) is 51.5 Å². The quantitative estimate of drug-likeness (QED) is 0.440. The molecule has 0 spiro atoms. The highest BCUT2D eigenvalue weighted by molar-refractivity contribution is 9.10. The molecule has 11 heteroatoms. The molecule has 1 aliphatic rings. The summed E-state index contributed by atoms with van der Waals surface area (Å²) < 4.78 is 53.3. The van der Waals surface area contributed by atoms with E-state index in [0.29, 0.717) is 28.8 Å². The molecule has 2 aromatic rings. The average Bonchev–Trinajstić information content (AvgIpc) is 3.15. The van der Waals surface area contributed by atoms with Crippen LogP contribution in [0.5, 0.6) is 11.5 Å². The molecule has 0 bridgehead atoms. The van der Waals surface area contributed by atoms with Crippen LogP contribution in [-0.4, -0.2) is 48.1 Å². The lowest BCUT2D eigenvalue weighted by Crippen LogP contribution is -2.41. The molecule has 0 N–H and O–H groups in total. The highest BCUT2D eigenvalue weighted by atomic mass is 79.9. The number of hydrogen-bond acceptors (Lipinski definition) is 6. The Bertz CT molecular complexity index is 967. The first-order valence-electron chi connectivity index (χ1n) is 9.93. The van der Waals surface area contributed by atoms with Gasteiger partial charge in [0.1, 0.15) is 5.60 Å². The first-order chi connectivity index (χ1) is 14.9. The summed E-state index contributed by atoms with van der Waals surface area (Å²) in [4.78, 5) is 18.6. The van der Waals surface area contributed by atoms with Crippen molar-refractivity contribution < 1.29 is 32.2 Å². The van der Waals surface area contributed by atoms with Gasteiger partial charge in [-0.15, -0.1) is 24.5 Å². The Balaban J connectivity index is 1.73. The maximum Gasteiger partial charge on any atom is 0.573 e. The molecule has 176 valence electrons. The zero-order chi connectivity index (χ0) is 23.7. The molecule has 1 aliphatic heterocycles. The van der Waals surface area contributed by atoms with Crippen molar-refractivity contribution in [2.75, 3.05) is 20.2 Å². The van der Waals surface area contributed by atoms with Crippen molar-refractivity contribution in [3.63, 3.8) is 0 Å². The molecule has 1 saturated heterocycles. The Morgan fingerprint density at radius 2 is 1.88 bits per heavy atom. The molecule has 0 radical (unpaired) electrons. The van der Waals surface area contributed by atoms with Crippen molar-refractivity contribution in [2.24, 2.45) is 0 Å². The number of alkyl halides is 3. The van der Waals surface area contributed by atoms with Crippen LogP contribution in [0.15, 0.2) is 22.0 Å². The molecule has 1 aromatic carbocycles. The molecule has 1 fully saturated rings. The topological polar surface area (TPSA) is 60.9 Å². The number of amides is 1. The molecule has 6 nitrogen and oxygen atoms in total. The number of halogens is 4. The summed E-state index contributed by atoms with van der Waals surface area (Å²) in [5.74, 6) is -0.319. The number of thiazole rings is 1. The number of methoxy groups -OCH3 is 1. The van der Waals surface area contributed by atoms with E-state index in [4.69, 9.17) is 9.47 Å². The summed E-state index contributed by atoms with van der Waals surface area (Å²) >= 11 is 4.69. The van der Waals surface area contributed by atoms with E-state index in [9.17, 15) is 18.0 Å². The van der Waals surface area contributed by atoms with E-state index >= 15 is 0 Å². The number of hydrogen-bond donors (Lipinski definition) is 0. The van der Waals surface area contributed by atoms with Crippen molar-refractivity contribution in [1.29, 1.82) is 0 Å². The van der Waals surface area contributed by atoms with E-state index in [1.54, 1.807) is 16.3 Å². The smallest absolute Gasteiger partial charge is 0.492 e. The van der Waals surface area contributed by atoms with Crippen LogP contribution in [0.3, 0.4) is 0 Å². The van der Waals surface area contributed by atoms with Crippen LogP contribution in [0.2, 0.25) is 0 Å². The maximum absolute atomic E-state index is 12.8. The maximum atomic E-state index is 12.8. The predicted molar refractivity (Wildman–Crippen MR) is 118 cm³/mol. The monoisotopic (exact) mass is 536 g/mol. The zero-order valence-electron chi connectivity index (χ0n) is 18.1. The van der Waals surface area contributed by atoms with Crippen LogP contribution in [0, 0.1) is 0 Å². The number of nitrogens with zero attached hydrogens (tertiary/aromatic N) is 2. The summed E-state index contributed by atoms with van der Waals surface area (Å²) in [5, 5.41) is 2.69. The van der Waals surface area contributed by atoms with E-state index in [1.165, 1.54) is 24.5 Å². The summed E-state index contributed by atoms with van der Waals surface area (Å²) in [6.45, 7) is 6.62. The summed E-state index contributed by atoms with van der Waals surface area (Å²) in [6.07, 6.45) is -3.70. The van der Waals surface area contributed by atoms with Gasteiger partial charge in [-0.25, -0.2) is 9.78 Å². The first kappa shape index (κ1) is 24.6. The summed E-state index contributed by atoms with van der Waals surface area (Å²) in [7, 11) is 1.27. The van der Waals surface area contributed by atoms with E-state index in [1.807, 2.05) is 20.8 Å². The number of rotatable bonds is 4. The van der Waals surface area contributed by atoms with Gasteiger partial charge in [0, 0.05) is 30.0 Å². The molecule has 32 heavy (non-hydrogen) atoms. The number of benzene rings is 1. The van der Waals surface area contributed by atoms with Gasteiger partial charge < -0.3 is 19.1 Å². The molecule has 2 heterocycles. The number of carbonyl (C=O) groups excluding carboxylic acids is 1. The molecule has 1 amide bonds. The zero-order valence-corrected chi connectivity index (χ0v) is 20.5. The lowest BCUT2D eigenvalue weighted by atomic mass is 9.98. The number of piperidine rings is 1. The molecule has 1 aromatic heterocycles. The van der Waals surface area contributed by atoms with Crippen LogP contribution < -0.4 is 9.47 Å². The molecular weight excluding hydrogens is 513 g/mol. The fourth-order valence-corrected chi connectivity index (χ4v) is 4.96. The van der Waals surface area contributed by atoms with Gasteiger partial charge in [-0.2, -0.15) is 0 Å². The van der Waals surface area contributed by atoms with Crippen molar-refractivity contribution in [3.05, 3.63) is 27.0 Å². The Morgan fingerprint density at radius 1 is 1.22 bits per heavy atom. The van der Waals surface area contributed by atoms with Gasteiger partial charge in [0.25, 0.3) is 0 Å². The Labute approximate surface area is 196 Å². The van der Waals surface area contributed by atoms with E-state index in [-0.39, 0.29) is 17.8 Å². The van der Waals surface area contributed by atoms with E-state index in [0.717, 1.165) is 17.8 Å². The Morgan fingerprint density at radius 3 is 2.44 bits per heavy atom. The number of ether oxygens (including phenoxy) is 3. The Hall–Kier alpha value is -2.01. The molecule has 0 aliphatic carbocycles. The fraction of sp³-hybridized carbons (Fsp3) is 0.524. The second-order valence-electron chi connectivity index (χ2n) is 8.35. The standard InChI is InChI=1S/C21H24BrF3N2O4S/c1-20(2,3)31-19(28)27-7-5-12(6-8-27)18-26-15(11-32-18)13-9-14(22)17(29-4)16(10-13)30-21(23,24)25/h9-12H,5-8H2,1-4H3. The van der Waals surface area contributed by atoms with Gasteiger partial charge in [0.2, 0.25) is 0 Å². The molecular formula is C21H24BrF3N2O4S. The highest BCUT2D eigenvalue weighted by Gasteiger charge is 2.33. The normalized spacial score (nSPS) is 15.6. The average molecular weight is 537 g/mol. The third-order valence-electron chi connectivity index (χ3n) is 4.75. The van der Waals surface area contributed by atoms with Crippen LogP contribution in [0.4, 0.5) is 18.0 Å². The minimum Gasteiger partial charge on any atom is -0.492 e. The minimum absolute atomic E-state index is 0.0453. The lowest BCUT2D eigenvalue weighted by molar-refractivity contribution is -0.275. The second kappa shape index (κ2) is 9.46. The van der Waals surface area contributed by atoms with Crippen LogP contribution in [-0.2, 0) is 4.74 Å². The summed E-state index contributed by atoms with van der Waals surface area (Å²) in [6, 6.07) is 2.91. The third kappa shape index (κ3) is 6.28. The van der Waals surface area contributed by atoms with Gasteiger partial charge >= 0.3 is 12.5 Å². The number of likely N-dealkylation sites (tertiary alicyclic amines) is 1. The van der Waals surface area contributed by atoms with Gasteiger partial charge in [-0.3, -0.25) is 0 Å². The van der Waals surface area contributed by atoms with Gasteiger partial charge in [-0.1, -0.05) is 0 Å². The minimum atomic E-state index is -4.85. The van der Waals surface area contributed by atoms with Crippen molar-refractivity contribution in [1.82, 2.24) is 9.88 Å². The van der Waals surface area contributed by atoms with E-state index in [2.05, 4.69) is 25.7 Å². The fourth-order valence-electron chi connectivity index (χ4n) is 3.36. The van der Waals surface area contributed by atoms with Crippen LogP contribution in [0.25, 0.3) is 11.3 Å². The number of aromatic nitrogens is 1. The molecule has 3 rings (SSSR count). The van der Waals surface area contributed by atoms with Crippen molar-refractivity contribution >= 4 is 33.4 Å². The van der Waals surface area contributed by atoms with Crippen LogP contribution >= 0.6 is 27.3 Å². The largest absolute Gasteiger partial charge is 0.573 e. The van der Waals surface area contributed by atoms with Gasteiger partial charge in [0.15, 0.2) is 11.5 Å². The van der Waals surface area contributed by atoms with E-state index < -0.39 is 17.7 Å². The second-order valence-corrected chi connectivity index (χ2v) is 10.1.